The minimum Gasteiger partial charge on any atom is -0.490 e. The van der Waals surface area contributed by atoms with Crippen LogP contribution in [-0.4, -0.2) is 58.8 Å². The van der Waals surface area contributed by atoms with Crippen LogP contribution in [0, 0.1) is 0 Å². The summed E-state index contributed by atoms with van der Waals surface area (Å²) in [5.74, 6) is 2.03. The van der Waals surface area contributed by atoms with E-state index in [-0.39, 0.29) is 18.1 Å². The van der Waals surface area contributed by atoms with Crippen LogP contribution in [0.1, 0.15) is 64.5 Å². The second-order valence-corrected chi connectivity index (χ2v) is 11.0. The third kappa shape index (κ3) is 6.54. The van der Waals surface area contributed by atoms with Crippen LogP contribution in [0.15, 0.2) is 48.8 Å². The van der Waals surface area contributed by atoms with Crippen LogP contribution in [0.4, 0.5) is 5.82 Å². The predicted octanol–water partition coefficient (Wildman–Crippen LogP) is 5.53. The molecule has 1 aliphatic heterocycles. The zero-order valence-corrected chi connectivity index (χ0v) is 22.6. The molecule has 3 aromatic rings. The number of carbonyl (C=O) groups excluding carboxylic acids is 1. The van der Waals surface area contributed by atoms with Gasteiger partial charge < -0.3 is 19.5 Å². The number of ether oxygens (including phenoxy) is 3. The maximum atomic E-state index is 11.9. The van der Waals surface area contributed by atoms with Gasteiger partial charge in [0.25, 0.3) is 0 Å². The molecule has 0 amide bonds. The lowest BCUT2D eigenvalue weighted by atomic mass is 10.1. The molecular weight excluding hydrogens is 480 g/mol. The normalized spacial score (nSPS) is 18.8. The summed E-state index contributed by atoms with van der Waals surface area (Å²) in [4.78, 5) is 23.1. The molecule has 38 heavy (non-hydrogen) atoms. The molecule has 2 aromatic carbocycles. The van der Waals surface area contributed by atoms with Gasteiger partial charge in [0.1, 0.15) is 17.7 Å². The van der Waals surface area contributed by atoms with E-state index >= 15 is 0 Å². The molecule has 8 heteroatoms. The van der Waals surface area contributed by atoms with Crippen LogP contribution in [0.5, 0.6) is 11.5 Å². The Labute approximate surface area is 224 Å². The Hall–Kier alpha value is -3.39. The molecule has 2 aliphatic rings. The number of aromatic nitrogens is 2. The Morgan fingerprint density at radius 2 is 1.92 bits per heavy atom. The highest BCUT2D eigenvalue weighted by molar-refractivity contribution is 5.91. The first kappa shape index (κ1) is 26.2. The molecule has 202 valence electrons. The number of esters is 1. The van der Waals surface area contributed by atoms with Crippen molar-refractivity contribution in [2.24, 2.45) is 0 Å². The van der Waals surface area contributed by atoms with Crippen LogP contribution in [-0.2, 0) is 9.53 Å². The van der Waals surface area contributed by atoms with Crippen LogP contribution in [0.25, 0.3) is 10.9 Å². The van der Waals surface area contributed by atoms with Crippen molar-refractivity contribution in [2.45, 2.75) is 70.6 Å². The van der Waals surface area contributed by atoms with E-state index in [0.29, 0.717) is 18.9 Å². The van der Waals surface area contributed by atoms with E-state index in [2.05, 4.69) is 39.2 Å². The molecular formula is C30H38N4O4. The quantitative estimate of drug-likeness (QED) is 0.277. The van der Waals surface area contributed by atoms with E-state index in [4.69, 9.17) is 14.2 Å². The highest BCUT2D eigenvalue weighted by atomic mass is 16.6. The molecule has 5 rings (SSSR count). The second kappa shape index (κ2) is 11.6. The molecule has 1 atom stereocenters. The maximum absolute atomic E-state index is 11.9. The summed E-state index contributed by atoms with van der Waals surface area (Å²) in [6.07, 6.45) is 7.05. The summed E-state index contributed by atoms with van der Waals surface area (Å²) in [5, 5.41) is 4.46. The standard InChI is InChI=1S/C30H38N4O4/c1-21(22-10-5-4-6-11-22)33-29-24-16-27(37-23-12-7-8-13-23)26(17-25(24)31-20-32-29)36-15-9-14-34-18-28(35)38-30(2,3)19-34/h4-6,10-11,16-17,20-21,23H,7-9,12-15,18-19H2,1-3H3,(H,31,32,33). The Morgan fingerprint density at radius 3 is 2.68 bits per heavy atom. The van der Waals surface area contributed by atoms with Gasteiger partial charge in [0.15, 0.2) is 11.5 Å². The first-order chi connectivity index (χ1) is 18.4. The number of fused-ring (bicyclic) bond motifs is 1. The molecule has 1 saturated carbocycles. The average molecular weight is 519 g/mol. The van der Waals surface area contributed by atoms with E-state index in [9.17, 15) is 4.79 Å². The zero-order chi connectivity index (χ0) is 26.5. The monoisotopic (exact) mass is 518 g/mol. The van der Waals surface area contributed by atoms with Gasteiger partial charge in [-0.05, 0) is 64.5 Å². The van der Waals surface area contributed by atoms with E-state index in [0.717, 1.165) is 54.8 Å². The van der Waals surface area contributed by atoms with Crippen molar-refractivity contribution >= 4 is 22.7 Å². The third-order valence-electron chi connectivity index (χ3n) is 7.17. The van der Waals surface area contributed by atoms with Crippen molar-refractivity contribution in [3.63, 3.8) is 0 Å². The van der Waals surface area contributed by atoms with Gasteiger partial charge in [0.2, 0.25) is 0 Å². The van der Waals surface area contributed by atoms with Crippen molar-refractivity contribution in [1.29, 1.82) is 0 Å². The number of morpholine rings is 1. The SMILES string of the molecule is CC(Nc1ncnc2cc(OCCCN3CC(=O)OC(C)(C)C3)c(OC3CCCC3)cc12)c1ccccc1. The largest absolute Gasteiger partial charge is 0.490 e. The highest BCUT2D eigenvalue weighted by Gasteiger charge is 2.32. The minimum atomic E-state index is -0.458. The van der Waals surface area contributed by atoms with Gasteiger partial charge in [-0.15, -0.1) is 0 Å². The first-order valence-electron chi connectivity index (χ1n) is 13.7. The topological polar surface area (TPSA) is 85.8 Å². The Balaban J connectivity index is 1.32. The summed E-state index contributed by atoms with van der Waals surface area (Å²) in [5.41, 5.74) is 1.53. The van der Waals surface area contributed by atoms with Gasteiger partial charge in [-0.25, -0.2) is 9.97 Å². The Bertz CT molecular complexity index is 1240. The van der Waals surface area contributed by atoms with Crippen molar-refractivity contribution in [3.05, 3.63) is 54.4 Å². The summed E-state index contributed by atoms with van der Waals surface area (Å²) >= 11 is 0. The summed E-state index contributed by atoms with van der Waals surface area (Å²) in [6, 6.07) is 14.4. The number of benzene rings is 2. The number of anilines is 1. The van der Waals surface area contributed by atoms with Crippen molar-refractivity contribution < 1.29 is 19.0 Å². The molecule has 1 unspecified atom stereocenters. The highest BCUT2D eigenvalue weighted by Crippen LogP contribution is 2.37. The molecule has 1 aromatic heterocycles. The van der Waals surface area contributed by atoms with Crippen LogP contribution in [0.2, 0.25) is 0 Å². The predicted molar refractivity (Wildman–Crippen MR) is 148 cm³/mol. The van der Waals surface area contributed by atoms with E-state index < -0.39 is 5.60 Å². The number of carbonyl (C=O) groups is 1. The van der Waals surface area contributed by atoms with Gasteiger partial charge in [-0.2, -0.15) is 0 Å². The van der Waals surface area contributed by atoms with Gasteiger partial charge in [0, 0.05) is 30.6 Å². The fourth-order valence-electron chi connectivity index (χ4n) is 5.38. The fourth-order valence-corrected chi connectivity index (χ4v) is 5.38. The van der Waals surface area contributed by atoms with Crippen LogP contribution >= 0.6 is 0 Å². The molecule has 2 heterocycles. The third-order valence-corrected chi connectivity index (χ3v) is 7.17. The molecule has 1 saturated heterocycles. The number of rotatable bonds is 10. The Kier molecular flexibility index (Phi) is 7.98. The summed E-state index contributed by atoms with van der Waals surface area (Å²) in [6.45, 7) is 8.34. The molecule has 1 aliphatic carbocycles. The van der Waals surface area contributed by atoms with Gasteiger partial charge in [-0.1, -0.05) is 30.3 Å². The number of hydrogen-bond acceptors (Lipinski definition) is 8. The lowest BCUT2D eigenvalue weighted by Gasteiger charge is -2.37. The summed E-state index contributed by atoms with van der Waals surface area (Å²) in [7, 11) is 0. The minimum absolute atomic E-state index is 0.0847. The van der Waals surface area contributed by atoms with Crippen molar-refractivity contribution in [2.75, 3.05) is 31.6 Å². The molecule has 1 N–H and O–H groups in total. The lowest BCUT2D eigenvalue weighted by molar-refractivity contribution is -0.169. The van der Waals surface area contributed by atoms with Gasteiger partial charge >= 0.3 is 5.97 Å². The van der Waals surface area contributed by atoms with Crippen molar-refractivity contribution in [3.8, 4) is 11.5 Å². The van der Waals surface area contributed by atoms with Crippen molar-refractivity contribution in [1.82, 2.24) is 14.9 Å². The molecule has 8 nitrogen and oxygen atoms in total. The van der Waals surface area contributed by atoms with Gasteiger partial charge in [-0.3, -0.25) is 9.69 Å². The number of nitrogens with zero attached hydrogens (tertiary/aromatic N) is 3. The van der Waals surface area contributed by atoms with Crippen LogP contribution < -0.4 is 14.8 Å². The maximum Gasteiger partial charge on any atom is 0.320 e. The Morgan fingerprint density at radius 1 is 1.13 bits per heavy atom. The molecule has 0 bridgehead atoms. The lowest BCUT2D eigenvalue weighted by Crippen LogP contribution is -2.51. The molecule has 0 spiro atoms. The zero-order valence-electron chi connectivity index (χ0n) is 22.6. The number of hydrogen-bond donors (Lipinski definition) is 1. The average Bonchev–Trinajstić information content (AvgIpc) is 3.39. The summed E-state index contributed by atoms with van der Waals surface area (Å²) < 4.78 is 18.1. The van der Waals surface area contributed by atoms with Crippen LogP contribution in [0.3, 0.4) is 0 Å². The van der Waals surface area contributed by atoms with E-state index in [1.165, 1.54) is 18.4 Å². The number of nitrogens with one attached hydrogen (secondary N) is 1. The second-order valence-electron chi connectivity index (χ2n) is 11.0. The van der Waals surface area contributed by atoms with E-state index in [1.807, 2.05) is 44.2 Å². The first-order valence-corrected chi connectivity index (χ1v) is 13.7. The fraction of sp³-hybridized carbons (Fsp3) is 0.500. The molecule has 0 radical (unpaired) electrons. The number of cyclic esters (lactones) is 1. The van der Waals surface area contributed by atoms with E-state index in [1.54, 1.807) is 6.33 Å². The van der Waals surface area contributed by atoms with Gasteiger partial charge in [0.05, 0.1) is 24.8 Å². The molecule has 2 fully saturated rings. The smallest absolute Gasteiger partial charge is 0.320 e.